The fourth-order valence-electron chi connectivity index (χ4n) is 4.64. The van der Waals surface area contributed by atoms with E-state index in [0.29, 0.717) is 5.56 Å². The molecule has 28 heavy (non-hydrogen) atoms. The minimum absolute atomic E-state index is 0.415. The molecule has 0 spiro atoms. The lowest BCUT2D eigenvalue weighted by Gasteiger charge is -2.24. The van der Waals surface area contributed by atoms with Gasteiger partial charge in [-0.05, 0) is 83.8 Å². The molecule has 0 amide bonds. The highest BCUT2D eigenvalue weighted by Gasteiger charge is 2.25. The molecule has 0 aliphatic heterocycles. The Morgan fingerprint density at radius 3 is 2.39 bits per heavy atom. The van der Waals surface area contributed by atoms with Crippen LogP contribution in [0.1, 0.15) is 31.9 Å². The van der Waals surface area contributed by atoms with Crippen LogP contribution in [0.4, 0.5) is 0 Å². The van der Waals surface area contributed by atoms with Crippen LogP contribution in [0.5, 0.6) is 0 Å². The van der Waals surface area contributed by atoms with Gasteiger partial charge in [-0.15, -0.1) is 0 Å². The van der Waals surface area contributed by atoms with Gasteiger partial charge in [0, 0.05) is 15.7 Å². The van der Waals surface area contributed by atoms with Gasteiger partial charge in [0.1, 0.15) is 7.05 Å². The van der Waals surface area contributed by atoms with Crippen LogP contribution in [0, 0.1) is 20.7 Å². The largest absolute Gasteiger partial charge is 0.213 e. The molecule has 0 N–H and O–H groups in total. The van der Waals surface area contributed by atoms with E-state index in [-0.39, 0.29) is 0 Å². The molecule has 0 atom stereocenters. The van der Waals surface area contributed by atoms with Crippen molar-refractivity contribution < 1.29 is 8.68 Å². The zero-order chi connectivity index (χ0) is 21.9. The third kappa shape index (κ3) is 2.57. The van der Waals surface area contributed by atoms with E-state index in [1.807, 2.05) is 24.6 Å². The Morgan fingerprint density at radius 1 is 0.821 bits per heavy atom. The molecule has 4 aromatic rings. The van der Waals surface area contributed by atoms with Gasteiger partial charge in [-0.2, -0.15) is 0 Å². The first-order chi connectivity index (χ1) is 14.7. The molecule has 3 aromatic carbocycles. The summed E-state index contributed by atoms with van der Waals surface area (Å²) in [5.74, 6) is 0. The van der Waals surface area contributed by atoms with Crippen LogP contribution in [0.2, 0.25) is 0 Å². The van der Waals surface area contributed by atoms with Crippen LogP contribution in [0.15, 0.2) is 60.8 Å². The fourth-order valence-corrected chi connectivity index (χ4v) is 4.64. The Balaban J connectivity index is 1.74. The van der Waals surface area contributed by atoms with Crippen LogP contribution in [0.3, 0.4) is 0 Å². The van der Waals surface area contributed by atoms with Crippen LogP contribution in [-0.4, -0.2) is 0 Å². The van der Waals surface area contributed by atoms with Crippen LogP contribution >= 0.6 is 0 Å². The van der Waals surface area contributed by atoms with Crippen molar-refractivity contribution in [1.29, 1.82) is 0 Å². The molecule has 1 aliphatic rings. The Bertz CT molecular complexity index is 1350. The van der Waals surface area contributed by atoms with Gasteiger partial charge in [0.15, 0.2) is 6.20 Å². The van der Waals surface area contributed by atoms with Gasteiger partial charge >= 0.3 is 0 Å². The quantitative estimate of drug-likeness (QED) is 0.362. The van der Waals surface area contributed by atoms with E-state index in [4.69, 9.17) is 4.11 Å². The Morgan fingerprint density at radius 2 is 1.61 bits per heavy atom. The van der Waals surface area contributed by atoms with Crippen LogP contribution in [0.25, 0.3) is 33.2 Å². The zero-order valence-corrected chi connectivity index (χ0v) is 16.6. The number of pyridine rings is 1. The van der Waals surface area contributed by atoms with E-state index in [9.17, 15) is 0 Å². The minimum Gasteiger partial charge on any atom is -0.201 e. The minimum atomic E-state index is -2.11. The van der Waals surface area contributed by atoms with E-state index in [1.165, 1.54) is 44.2 Å². The average Bonchev–Trinajstić information content (AvgIpc) is 2.73. The Kier molecular flexibility index (Phi) is 3.18. The van der Waals surface area contributed by atoms with Crippen molar-refractivity contribution in [3.63, 3.8) is 0 Å². The first kappa shape index (κ1) is 14.1. The van der Waals surface area contributed by atoms with E-state index in [0.717, 1.165) is 24.1 Å². The second kappa shape index (κ2) is 6.31. The predicted octanol–water partition coefficient (Wildman–Crippen LogP) is 6.02. The molecule has 1 aliphatic carbocycles. The standard InChI is InChI=1S/C27H26N/c1-17-9-11-23-24(27(17)26-13-18(2)19(3)16-28(26)4)12-10-22-14-20-7-5-6-8-21(20)15-25(22)23/h5-9,11,13-16H,10,12H2,1-4H3/q+1/i3D3. The van der Waals surface area contributed by atoms with Gasteiger partial charge in [0.05, 0.1) is 5.56 Å². The summed E-state index contributed by atoms with van der Waals surface area (Å²) >= 11 is 0. The van der Waals surface area contributed by atoms with Crippen molar-refractivity contribution in [3.05, 3.63) is 88.6 Å². The highest BCUT2D eigenvalue weighted by molar-refractivity contribution is 5.92. The van der Waals surface area contributed by atoms with E-state index < -0.39 is 6.85 Å². The van der Waals surface area contributed by atoms with Gasteiger partial charge in [-0.25, -0.2) is 4.57 Å². The van der Waals surface area contributed by atoms with E-state index in [1.54, 1.807) is 6.20 Å². The molecular formula is C27H26N+. The van der Waals surface area contributed by atoms with Crippen molar-refractivity contribution in [2.24, 2.45) is 7.05 Å². The first-order valence-electron chi connectivity index (χ1n) is 11.4. The summed E-state index contributed by atoms with van der Waals surface area (Å²) in [6.45, 7) is 1.95. The van der Waals surface area contributed by atoms with Crippen molar-refractivity contribution >= 4 is 10.8 Å². The third-order valence-corrected chi connectivity index (χ3v) is 6.16. The molecule has 0 bridgehead atoms. The maximum absolute atomic E-state index is 7.85. The average molecular weight is 368 g/mol. The number of fused-ring (bicyclic) bond motifs is 4. The van der Waals surface area contributed by atoms with E-state index in [2.05, 4.69) is 55.5 Å². The Labute approximate surface area is 171 Å². The summed E-state index contributed by atoms with van der Waals surface area (Å²) in [5, 5.41) is 2.55. The number of benzene rings is 3. The molecule has 1 aromatic heterocycles. The molecule has 1 heterocycles. The molecule has 1 heteroatoms. The maximum atomic E-state index is 7.85. The monoisotopic (exact) mass is 367 g/mol. The smallest absolute Gasteiger partial charge is 0.201 e. The van der Waals surface area contributed by atoms with Crippen molar-refractivity contribution in [2.75, 3.05) is 0 Å². The second-order valence-electron chi connectivity index (χ2n) is 8.01. The number of aromatic nitrogens is 1. The maximum Gasteiger partial charge on any atom is 0.213 e. The molecule has 0 saturated heterocycles. The Hall–Kier alpha value is -2.93. The highest BCUT2D eigenvalue weighted by Crippen LogP contribution is 2.41. The first-order valence-corrected chi connectivity index (χ1v) is 9.89. The van der Waals surface area contributed by atoms with Gasteiger partial charge in [0.25, 0.3) is 0 Å². The van der Waals surface area contributed by atoms with Crippen molar-refractivity contribution in [1.82, 2.24) is 0 Å². The summed E-state index contributed by atoms with van der Waals surface area (Å²) < 4.78 is 25.5. The van der Waals surface area contributed by atoms with E-state index >= 15 is 0 Å². The summed E-state index contributed by atoms with van der Waals surface area (Å²) in [5.41, 5.74) is 10.1. The number of aryl methyl sites for hydroxylation is 5. The summed E-state index contributed by atoms with van der Waals surface area (Å²) in [6, 6.07) is 19.7. The number of hydrogen-bond donors (Lipinski definition) is 0. The summed E-state index contributed by atoms with van der Waals surface area (Å²) in [6.07, 6.45) is 3.78. The molecule has 1 nitrogen and oxygen atoms in total. The highest BCUT2D eigenvalue weighted by atomic mass is 14.9. The number of rotatable bonds is 1. The summed E-state index contributed by atoms with van der Waals surface area (Å²) in [4.78, 5) is 0. The topological polar surface area (TPSA) is 3.88 Å². The van der Waals surface area contributed by atoms with Gasteiger partial charge in [-0.1, -0.05) is 42.5 Å². The fraction of sp³-hybridized carbons (Fsp3) is 0.222. The second-order valence-corrected chi connectivity index (χ2v) is 8.01. The molecular weight excluding hydrogens is 338 g/mol. The van der Waals surface area contributed by atoms with Gasteiger partial charge in [-0.3, -0.25) is 0 Å². The molecule has 0 fully saturated rings. The lowest BCUT2D eigenvalue weighted by molar-refractivity contribution is -0.660. The third-order valence-electron chi connectivity index (χ3n) is 6.16. The van der Waals surface area contributed by atoms with Gasteiger partial charge < -0.3 is 0 Å². The summed E-state index contributed by atoms with van der Waals surface area (Å²) in [7, 11) is 1.95. The molecule has 0 unspecified atom stereocenters. The number of hydrogen-bond acceptors (Lipinski definition) is 0. The number of nitrogens with zero attached hydrogens (tertiary/aromatic N) is 1. The van der Waals surface area contributed by atoms with Crippen molar-refractivity contribution in [2.45, 2.75) is 33.5 Å². The SMILES string of the molecule is [2H]C([2H])([2H])c1c[n+](C)c(-c2c(C)ccc3c2CCc2cc4ccccc4cc2-3)cc1C. The molecule has 0 radical (unpaired) electrons. The van der Waals surface area contributed by atoms with Crippen molar-refractivity contribution in [3.8, 4) is 22.4 Å². The zero-order valence-electron chi connectivity index (χ0n) is 19.6. The molecule has 0 saturated carbocycles. The van der Waals surface area contributed by atoms with Crippen LogP contribution < -0.4 is 4.57 Å². The molecule has 5 rings (SSSR count). The lowest BCUT2D eigenvalue weighted by Crippen LogP contribution is -2.32. The molecule has 138 valence electrons. The normalized spacial score (nSPS) is 14.8. The lowest BCUT2D eigenvalue weighted by atomic mass is 9.80. The predicted molar refractivity (Wildman–Crippen MR) is 118 cm³/mol. The van der Waals surface area contributed by atoms with Gasteiger partial charge in [0.2, 0.25) is 5.69 Å². The van der Waals surface area contributed by atoms with Crippen LogP contribution in [-0.2, 0) is 19.9 Å².